The molecule has 4 N–H and O–H groups in total. The number of rotatable bonds is 4. The normalized spacial score (nSPS) is 26.1. The summed E-state index contributed by atoms with van der Waals surface area (Å²) < 4.78 is 7.60. The molecule has 0 spiro atoms. The fraction of sp³-hybridized carbons (Fsp3) is 0.308. The number of benzene rings is 3. The summed E-state index contributed by atoms with van der Waals surface area (Å²) in [6.45, 7) is 1.63. The molecule has 1 aliphatic heterocycles. The van der Waals surface area contributed by atoms with Crippen LogP contribution >= 0.6 is 0 Å². The Hall–Kier alpha value is -2.74. The Morgan fingerprint density at radius 2 is 1.62 bits per heavy atom. The van der Waals surface area contributed by atoms with Gasteiger partial charge in [0.25, 0.3) is 0 Å². The molecule has 0 radical (unpaired) electrons. The maximum absolute atomic E-state index is 10.6. The van der Waals surface area contributed by atoms with Crippen molar-refractivity contribution >= 4 is 21.7 Å². The van der Waals surface area contributed by atoms with Gasteiger partial charge >= 0.3 is 0 Å². The molecule has 1 saturated heterocycles. The monoisotopic (exact) mass is 433 g/mol. The number of para-hydroxylation sites is 1. The second kappa shape index (κ2) is 8.31. The van der Waals surface area contributed by atoms with Crippen molar-refractivity contribution in [3.05, 3.63) is 83.6 Å². The van der Waals surface area contributed by atoms with Gasteiger partial charge in [0.2, 0.25) is 0 Å². The molecular weight excluding hydrogens is 406 g/mol. The lowest BCUT2D eigenvalue weighted by Gasteiger charge is -2.40. The van der Waals surface area contributed by atoms with Gasteiger partial charge < -0.3 is 29.7 Å². The summed E-state index contributed by atoms with van der Waals surface area (Å²) in [6, 6.07) is 20.7. The minimum atomic E-state index is -1.42. The van der Waals surface area contributed by atoms with Crippen LogP contribution in [0.5, 0.6) is 0 Å². The summed E-state index contributed by atoms with van der Waals surface area (Å²) in [5.74, 6) is 0. The van der Waals surface area contributed by atoms with Gasteiger partial charge in [0.05, 0.1) is 12.1 Å². The number of aliphatic hydroxyl groups is 4. The standard InChI is InChI=1S/C26H27NO5/c1-15-6-8-18-11-16(7-9-17(18)10-15)12-19-13-27(21-5-3-2-4-20(19)21)26-25(31)24(30)23(29)22(14-28)32-26/h2-11,13,22-26,28-31H,12,14H2,1H3/t22-,23-,24+,25-,26-/m1/s1. The third kappa shape index (κ3) is 3.60. The van der Waals surface area contributed by atoms with E-state index in [0.717, 1.165) is 22.0 Å². The Morgan fingerprint density at radius 1 is 0.875 bits per heavy atom. The largest absolute Gasteiger partial charge is 0.394 e. The van der Waals surface area contributed by atoms with Crippen LogP contribution in [0, 0.1) is 6.92 Å². The molecule has 5 rings (SSSR count). The molecule has 0 unspecified atom stereocenters. The lowest BCUT2D eigenvalue weighted by Crippen LogP contribution is -2.56. The predicted octanol–water partition coefficient (Wildman–Crippen LogP) is 2.67. The number of ether oxygens (including phenoxy) is 1. The molecule has 4 aromatic rings. The fourth-order valence-electron chi connectivity index (χ4n) is 4.69. The van der Waals surface area contributed by atoms with E-state index in [1.807, 2.05) is 30.5 Å². The summed E-state index contributed by atoms with van der Waals surface area (Å²) in [4.78, 5) is 0. The second-order valence-electron chi connectivity index (χ2n) is 8.66. The summed E-state index contributed by atoms with van der Waals surface area (Å²) in [6.07, 6.45) is -3.39. The van der Waals surface area contributed by atoms with Crippen molar-refractivity contribution in [3.8, 4) is 0 Å². The first-order chi connectivity index (χ1) is 15.5. The zero-order chi connectivity index (χ0) is 22.4. The van der Waals surface area contributed by atoms with Gasteiger partial charge in [-0.05, 0) is 41.3 Å². The summed E-state index contributed by atoms with van der Waals surface area (Å²) in [5.41, 5.74) is 4.30. The van der Waals surface area contributed by atoms with Crippen molar-refractivity contribution in [2.45, 2.75) is 44.0 Å². The van der Waals surface area contributed by atoms with Crippen molar-refractivity contribution in [2.24, 2.45) is 0 Å². The van der Waals surface area contributed by atoms with E-state index in [9.17, 15) is 20.4 Å². The van der Waals surface area contributed by atoms with E-state index in [2.05, 4.69) is 43.3 Å². The van der Waals surface area contributed by atoms with Crippen molar-refractivity contribution in [2.75, 3.05) is 6.61 Å². The van der Waals surface area contributed by atoms with Crippen LogP contribution in [0.4, 0.5) is 0 Å². The molecule has 32 heavy (non-hydrogen) atoms. The van der Waals surface area contributed by atoms with Gasteiger partial charge in [-0.15, -0.1) is 0 Å². The van der Waals surface area contributed by atoms with E-state index in [4.69, 9.17) is 4.74 Å². The third-order valence-corrected chi connectivity index (χ3v) is 6.42. The van der Waals surface area contributed by atoms with E-state index in [1.54, 1.807) is 4.57 Å². The van der Waals surface area contributed by atoms with Crippen LogP contribution in [0.3, 0.4) is 0 Å². The number of aromatic nitrogens is 1. The molecule has 6 nitrogen and oxygen atoms in total. The van der Waals surface area contributed by atoms with Crippen molar-refractivity contribution in [1.82, 2.24) is 4.57 Å². The first-order valence-corrected chi connectivity index (χ1v) is 10.8. The van der Waals surface area contributed by atoms with E-state index >= 15 is 0 Å². The number of nitrogens with zero attached hydrogens (tertiary/aromatic N) is 1. The molecule has 0 amide bonds. The van der Waals surface area contributed by atoms with Gasteiger partial charge in [-0.2, -0.15) is 0 Å². The van der Waals surface area contributed by atoms with Crippen LogP contribution in [-0.2, 0) is 11.2 Å². The smallest absolute Gasteiger partial charge is 0.163 e. The van der Waals surface area contributed by atoms with Gasteiger partial charge in [0.15, 0.2) is 6.23 Å². The molecular formula is C26H27NO5. The van der Waals surface area contributed by atoms with Crippen LogP contribution in [0.15, 0.2) is 66.9 Å². The SMILES string of the molecule is Cc1ccc2cc(Cc3cn([C@@H]4O[C@H](CO)[C@@H](O)[C@H](O)[C@H]4O)c4ccccc34)ccc2c1. The Labute approximate surface area is 185 Å². The van der Waals surface area contributed by atoms with Crippen LogP contribution < -0.4 is 0 Å². The number of hydrogen-bond donors (Lipinski definition) is 4. The maximum Gasteiger partial charge on any atom is 0.163 e. The predicted molar refractivity (Wildman–Crippen MR) is 122 cm³/mol. The molecule has 166 valence electrons. The molecule has 0 aliphatic carbocycles. The van der Waals surface area contributed by atoms with E-state index in [1.165, 1.54) is 16.3 Å². The first-order valence-electron chi connectivity index (χ1n) is 10.8. The fourth-order valence-corrected chi connectivity index (χ4v) is 4.69. The Balaban J connectivity index is 1.54. The minimum Gasteiger partial charge on any atom is -0.394 e. The molecule has 1 aromatic heterocycles. The average Bonchev–Trinajstić information content (AvgIpc) is 3.16. The molecule has 0 saturated carbocycles. The lowest BCUT2D eigenvalue weighted by molar-refractivity contribution is -0.250. The number of fused-ring (bicyclic) bond motifs is 2. The van der Waals surface area contributed by atoms with Crippen LogP contribution in [0.25, 0.3) is 21.7 Å². The highest BCUT2D eigenvalue weighted by atomic mass is 16.6. The van der Waals surface area contributed by atoms with Gasteiger partial charge in [-0.25, -0.2) is 0 Å². The van der Waals surface area contributed by atoms with Crippen LogP contribution in [0.2, 0.25) is 0 Å². The number of hydrogen-bond acceptors (Lipinski definition) is 5. The van der Waals surface area contributed by atoms with E-state index in [-0.39, 0.29) is 0 Å². The zero-order valence-electron chi connectivity index (χ0n) is 17.8. The van der Waals surface area contributed by atoms with Crippen LogP contribution in [-0.4, -0.2) is 56.0 Å². The highest BCUT2D eigenvalue weighted by Crippen LogP contribution is 2.34. The summed E-state index contributed by atoms with van der Waals surface area (Å²) in [5, 5.41) is 44.0. The lowest BCUT2D eigenvalue weighted by atomic mass is 9.98. The first kappa shape index (κ1) is 21.1. The quantitative estimate of drug-likeness (QED) is 0.397. The average molecular weight is 434 g/mol. The topological polar surface area (TPSA) is 95.1 Å². The minimum absolute atomic E-state index is 0.454. The molecule has 2 heterocycles. The van der Waals surface area contributed by atoms with Gasteiger partial charge in [0, 0.05) is 11.6 Å². The highest BCUT2D eigenvalue weighted by Gasteiger charge is 2.44. The van der Waals surface area contributed by atoms with Crippen molar-refractivity contribution < 1.29 is 25.2 Å². The molecule has 5 atom stereocenters. The summed E-state index contributed by atoms with van der Waals surface area (Å²) in [7, 11) is 0. The van der Waals surface area contributed by atoms with E-state index in [0.29, 0.717) is 6.42 Å². The Kier molecular flexibility index (Phi) is 5.49. The molecule has 1 aliphatic rings. The molecule has 1 fully saturated rings. The van der Waals surface area contributed by atoms with Gasteiger partial charge in [-0.1, -0.05) is 60.2 Å². The van der Waals surface area contributed by atoms with Crippen molar-refractivity contribution in [1.29, 1.82) is 0 Å². The van der Waals surface area contributed by atoms with Crippen LogP contribution in [0.1, 0.15) is 22.9 Å². The zero-order valence-corrected chi connectivity index (χ0v) is 17.8. The summed E-state index contributed by atoms with van der Waals surface area (Å²) >= 11 is 0. The third-order valence-electron chi connectivity index (χ3n) is 6.42. The number of aliphatic hydroxyl groups excluding tert-OH is 4. The molecule has 3 aromatic carbocycles. The van der Waals surface area contributed by atoms with Gasteiger partial charge in [0.1, 0.15) is 24.4 Å². The Morgan fingerprint density at radius 3 is 2.44 bits per heavy atom. The highest BCUT2D eigenvalue weighted by molar-refractivity contribution is 5.86. The van der Waals surface area contributed by atoms with Crippen molar-refractivity contribution in [3.63, 3.8) is 0 Å². The van der Waals surface area contributed by atoms with E-state index < -0.39 is 37.3 Å². The Bertz CT molecular complexity index is 1260. The molecule has 0 bridgehead atoms. The van der Waals surface area contributed by atoms with Gasteiger partial charge in [-0.3, -0.25) is 0 Å². The second-order valence-corrected chi connectivity index (χ2v) is 8.66. The molecule has 6 heteroatoms. The number of aryl methyl sites for hydroxylation is 1. The maximum atomic E-state index is 10.6.